The molecule has 0 aromatic heterocycles. The van der Waals surface area contributed by atoms with Crippen LogP contribution in [-0.4, -0.2) is 11.1 Å². The van der Waals surface area contributed by atoms with Gasteiger partial charge in [-0.1, -0.05) is 31.2 Å². The van der Waals surface area contributed by atoms with Crippen LogP contribution in [0.1, 0.15) is 33.1 Å². The van der Waals surface area contributed by atoms with Crippen LogP contribution in [0, 0.1) is 5.92 Å². The second kappa shape index (κ2) is 8.04. The fourth-order valence-electron chi connectivity index (χ4n) is 1.46. The van der Waals surface area contributed by atoms with Gasteiger partial charge in [0.15, 0.2) is 0 Å². The summed E-state index contributed by atoms with van der Waals surface area (Å²) in [5.74, 6) is -0.893. The summed E-state index contributed by atoms with van der Waals surface area (Å²) in [6, 6.07) is 0. The standard InChI is InChI=1S/C13H20O2/c1-4-7-8-9-10-11(5-2)12(6-3)13(14)15/h5-8,11H,2,4,9-10H2,1,3H3,(H,14,15)/b8-7-,12-6+. The van der Waals surface area contributed by atoms with Crippen LogP contribution in [-0.2, 0) is 4.79 Å². The maximum Gasteiger partial charge on any atom is 0.331 e. The molecule has 0 aromatic carbocycles. The third-order valence-electron chi connectivity index (χ3n) is 2.29. The largest absolute Gasteiger partial charge is 0.478 e. The first-order valence-corrected chi connectivity index (χ1v) is 5.34. The third-order valence-corrected chi connectivity index (χ3v) is 2.29. The zero-order chi connectivity index (χ0) is 11.7. The number of aliphatic carboxylic acids is 1. The number of carbonyl (C=O) groups is 1. The lowest BCUT2D eigenvalue weighted by molar-refractivity contribution is -0.133. The summed E-state index contributed by atoms with van der Waals surface area (Å²) in [7, 11) is 0. The van der Waals surface area contributed by atoms with Crippen molar-refractivity contribution in [2.24, 2.45) is 5.92 Å². The Balaban J connectivity index is 4.30. The van der Waals surface area contributed by atoms with E-state index >= 15 is 0 Å². The Hall–Kier alpha value is -1.31. The van der Waals surface area contributed by atoms with Gasteiger partial charge in [-0.05, 0) is 26.2 Å². The molecule has 1 unspecified atom stereocenters. The summed E-state index contributed by atoms with van der Waals surface area (Å²) in [4.78, 5) is 10.9. The SMILES string of the molecule is C=CC(CC/C=C\CC)/C(=C\C)C(=O)O. The van der Waals surface area contributed by atoms with Crippen LogP contribution >= 0.6 is 0 Å². The second-order valence-electron chi connectivity index (χ2n) is 3.35. The first kappa shape index (κ1) is 13.7. The Kier molecular flexibility index (Phi) is 7.33. The zero-order valence-electron chi connectivity index (χ0n) is 9.57. The Bertz CT molecular complexity index is 262. The van der Waals surface area contributed by atoms with Gasteiger partial charge in [0.2, 0.25) is 0 Å². The highest BCUT2D eigenvalue weighted by molar-refractivity contribution is 5.87. The summed E-state index contributed by atoms with van der Waals surface area (Å²) in [6.07, 6.45) is 10.3. The van der Waals surface area contributed by atoms with Crippen molar-refractivity contribution in [1.29, 1.82) is 0 Å². The molecule has 0 saturated carbocycles. The van der Waals surface area contributed by atoms with E-state index in [4.69, 9.17) is 5.11 Å². The highest BCUT2D eigenvalue weighted by Gasteiger charge is 2.15. The van der Waals surface area contributed by atoms with E-state index in [0.29, 0.717) is 5.57 Å². The Morgan fingerprint density at radius 1 is 1.47 bits per heavy atom. The summed E-state index contributed by atoms with van der Waals surface area (Å²) in [5.41, 5.74) is 0.440. The third kappa shape index (κ3) is 5.21. The van der Waals surface area contributed by atoms with E-state index in [1.165, 1.54) is 0 Å². The van der Waals surface area contributed by atoms with Crippen molar-refractivity contribution >= 4 is 5.97 Å². The normalized spacial score (nSPS) is 14.1. The van der Waals surface area contributed by atoms with E-state index in [2.05, 4.69) is 25.7 Å². The van der Waals surface area contributed by atoms with Gasteiger partial charge in [-0.2, -0.15) is 0 Å². The van der Waals surface area contributed by atoms with Crippen LogP contribution in [0.5, 0.6) is 0 Å². The highest BCUT2D eigenvalue weighted by Crippen LogP contribution is 2.19. The number of allylic oxidation sites excluding steroid dienone is 4. The van der Waals surface area contributed by atoms with Crippen LogP contribution in [0.15, 0.2) is 36.5 Å². The molecule has 0 aromatic rings. The van der Waals surface area contributed by atoms with E-state index < -0.39 is 5.97 Å². The van der Waals surface area contributed by atoms with Gasteiger partial charge < -0.3 is 5.11 Å². The minimum atomic E-state index is -0.845. The molecule has 0 heterocycles. The Labute approximate surface area is 92.0 Å². The molecular weight excluding hydrogens is 188 g/mol. The minimum absolute atomic E-state index is 0.0472. The number of carboxylic acid groups (broad SMARTS) is 1. The van der Waals surface area contributed by atoms with Crippen LogP contribution < -0.4 is 0 Å². The summed E-state index contributed by atoms with van der Waals surface area (Å²) < 4.78 is 0. The topological polar surface area (TPSA) is 37.3 Å². The molecule has 0 fully saturated rings. The van der Waals surface area contributed by atoms with Crippen molar-refractivity contribution in [2.45, 2.75) is 33.1 Å². The lowest BCUT2D eigenvalue weighted by atomic mass is 9.94. The van der Waals surface area contributed by atoms with Crippen LogP contribution in [0.25, 0.3) is 0 Å². The molecule has 0 aliphatic rings. The Morgan fingerprint density at radius 2 is 2.13 bits per heavy atom. The smallest absolute Gasteiger partial charge is 0.331 e. The maximum absolute atomic E-state index is 10.9. The maximum atomic E-state index is 10.9. The molecule has 2 heteroatoms. The molecule has 0 saturated heterocycles. The molecule has 0 rings (SSSR count). The molecule has 84 valence electrons. The van der Waals surface area contributed by atoms with E-state index in [9.17, 15) is 4.79 Å². The second-order valence-corrected chi connectivity index (χ2v) is 3.35. The van der Waals surface area contributed by atoms with Crippen LogP contribution in [0.2, 0.25) is 0 Å². The predicted molar refractivity (Wildman–Crippen MR) is 63.7 cm³/mol. The quantitative estimate of drug-likeness (QED) is 0.513. The van der Waals surface area contributed by atoms with Gasteiger partial charge in [-0.15, -0.1) is 6.58 Å². The van der Waals surface area contributed by atoms with Gasteiger partial charge in [0.05, 0.1) is 0 Å². The molecule has 0 amide bonds. The Morgan fingerprint density at radius 3 is 2.53 bits per heavy atom. The van der Waals surface area contributed by atoms with Crippen LogP contribution in [0.4, 0.5) is 0 Å². The van der Waals surface area contributed by atoms with Crippen molar-refractivity contribution in [3.05, 3.63) is 36.5 Å². The van der Waals surface area contributed by atoms with Gasteiger partial charge in [0.25, 0.3) is 0 Å². The number of hydrogen-bond acceptors (Lipinski definition) is 1. The molecule has 2 nitrogen and oxygen atoms in total. The number of hydrogen-bond donors (Lipinski definition) is 1. The van der Waals surface area contributed by atoms with Crippen molar-refractivity contribution < 1.29 is 9.90 Å². The van der Waals surface area contributed by atoms with Gasteiger partial charge in [0.1, 0.15) is 0 Å². The molecule has 0 aliphatic heterocycles. The molecule has 0 spiro atoms. The summed E-state index contributed by atoms with van der Waals surface area (Å²) in [5, 5.41) is 8.94. The predicted octanol–water partition coefficient (Wildman–Crippen LogP) is 3.57. The van der Waals surface area contributed by atoms with E-state index in [-0.39, 0.29) is 5.92 Å². The van der Waals surface area contributed by atoms with E-state index in [1.54, 1.807) is 19.1 Å². The fraction of sp³-hybridized carbons (Fsp3) is 0.462. The number of rotatable bonds is 7. The number of carboxylic acids is 1. The lowest BCUT2D eigenvalue weighted by Gasteiger charge is -2.11. The summed E-state index contributed by atoms with van der Waals surface area (Å²) >= 11 is 0. The molecule has 1 atom stereocenters. The first-order chi connectivity index (χ1) is 7.17. The highest BCUT2D eigenvalue weighted by atomic mass is 16.4. The molecule has 0 aliphatic carbocycles. The van der Waals surface area contributed by atoms with Crippen LogP contribution in [0.3, 0.4) is 0 Å². The lowest BCUT2D eigenvalue weighted by Crippen LogP contribution is -2.10. The fourth-order valence-corrected chi connectivity index (χ4v) is 1.46. The van der Waals surface area contributed by atoms with Gasteiger partial charge in [0, 0.05) is 11.5 Å². The van der Waals surface area contributed by atoms with E-state index in [0.717, 1.165) is 19.3 Å². The summed E-state index contributed by atoms with van der Waals surface area (Å²) in [6.45, 7) is 7.51. The van der Waals surface area contributed by atoms with Gasteiger partial charge in [-0.25, -0.2) is 4.79 Å². The molecular formula is C13H20O2. The first-order valence-electron chi connectivity index (χ1n) is 5.34. The van der Waals surface area contributed by atoms with Crippen molar-refractivity contribution in [3.8, 4) is 0 Å². The minimum Gasteiger partial charge on any atom is -0.478 e. The average Bonchev–Trinajstić information content (AvgIpc) is 2.22. The monoisotopic (exact) mass is 208 g/mol. The molecule has 15 heavy (non-hydrogen) atoms. The molecule has 0 radical (unpaired) electrons. The average molecular weight is 208 g/mol. The van der Waals surface area contributed by atoms with Crippen molar-refractivity contribution in [2.75, 3.05) is 0 Å². The molecule has 0 bridgehead atoms. The molecule has 1 N–H and O–H groups in total. The zero-order valence-corrected chi connectivity index (χ0v) is 9.57. The van der Waals surface area contributed by atoms with Gasteiger partial charge >= 0.3 is 5.97 Å². The van der Waals surface area contributed by atoms with Crippen molar-refractivity contribution in [1.82, 2.24) is 0 Å². The van der Waals surface area contributed by atoms with Gasteiger partial charge in [-0.3, -0.25) is 0 Å². The van der Waals surface area contributed by atoms with E-state index in [1.807, 2.05) is 0 Å². The van der Waals surface area contributed by atoms with Crippen molar-refractivity contribution in [3.63, 3.8) is 0 Å².